The van der Waals surface area contributed by atoms with Crippen LogP contribution in [0.5, 0.6) is 0 Å². The highest BCUT2D eigenvalue weighted by Gasteiger charge is 2.48. The molecule has 0 unspecified atom stereocenters. The SMILES string of the molecule is CN(CC1(N)CC1)c1ccc(Nc2cc(NC3CC3)n3ncc(C#N)c3n2)cc1CS(C)(=O)=O.CN(CC1(NC(=O)OC(C)(C)C)CC1)c1ccc(N)cc1CS(C)(=O)=O.CN(CC1(NC(=O)OC(C)(C)C)CC1)c1ccc([N+](=O)[O-])cc1CS(C)(=O)=O.CS(=O)(=O)Cc1cc([N+](=O)[O-])ccc1F.N#Cc1cnn2c(CC3CC3)cc(Cl)nc12. The first kappa shape index (κ1) is 92.1. The number of fused-ring (bicyclic) bond motifs is 2. The van der Waals surface area contributed by atoms with E-state index in [4.69, 9.17) is 37.8 Å². The highest BCUT2D eigenvalue weighted by molar-refractivity contribution is 7.90. The Balaban J connectivity index is 0.000000175. The Kier molecular flexibility index (Phi) is 28.2. The van der Waals surface area contributed by atoms with Crippen molar-refractivity contribution in [3.8, 4) is 12.1 Å². The van der Waals surface area contributed by atoms with Gasteiger partial charge in [-0.15, -0.1) is 0 Å². The summed E-state index contributed by atoms with van der Waals surface area (Å²) in [5.74, 6) is 0.273. The summed E-state index contributed by atoms with van der Waals surface area (Å²) in [5, 5.41) is 61.3. The molecule has 13 rings (SSSR count). The Hall–Kier alpha value is -10.8. The molecule has 0 atom stereocenters. The maximum Gasteiger partial charge on any atom is 0.408 e. The summed E-state index contributed by atoms with van der Waals surface area (Å²) in [6.45, 7) is 12.5. The molecular formula is C78H101ClFN19O16S4. The third-order valence-corrected chi connectivity index (χ3v) is 22.5. The first-order chi connectivity index (χ1) is 55.2. The van der Waals surface area contributed by atoms with Crippen LogP contribution >= 0.6 is 11.6 Å². The average molecular weight is 1740 g/mol. The van der Waals surface area contributed by atoms with Crippen LogP contribution in [-0.2, 0) is 78.3 Å². The zero-order chi connectivity index (χ0) is 87.9. The summed E-state index contributed by atoms with van der Waals surface area (Å²) >= 11 is 5.95. The normalized spacial score (nSPS) is 15.4. The molecule has 5 saturated carbocycles. The molecule has 8 aromatic rings. The molecule has 5 fully saturated rings. The van der Waals surface area contributed by atoms with Crippen molar-refractivity contribution in [2.45, 2.75) is 169 Å². The van der Waals surface area contributed by atoms with Crippen LogP contribution in [0.15, 0.2) is 97.3 Å². The number of carbonyl (C=O) groups is 2. The number of non-ortho nitro benzene ring substituents is 2. The number of hydrogen-bond acceptors (Lipinski definition) is 29. The van der Waals surface area contributed by atoms with Gasteiger partial charge in [0.15, 0.2) is 50.6 Å². The van der Waals surface area contributed by atoms with Crippen molar-refractivity contribution in [2.75, 3.05) is 96.9 Å². The van der Waals surface area contributed by atoms with Gasteiger partial charge in [0, 0.05) is 147 Å². The van der Waals surface area contributed by atoms with E-state index in [1.54, 1.807) is 55.0 Å². The van der Waals surface area contributed by atoms with E-state index in [9.17, 15) is 73.1 Å². The molecule has 4 heterocycles. The molecular weight excluding hydrogens is 1640 g/mol. The number of nitrogens with one attached hydrogen (secondary N) is 4. The molecule has 5 aliphatic carbocycles. The number of alkyl carbamates (subject to hydrolysis) is 2. The van der Waals surface area contributed by atoms with Crippen LogP contribution in [0.3, 0.4) is 0 Å². The van der Waals surface area contributed by atoms with Crippen LogP contribution in [-0.4, -0.2) is 185 Å². The van der Waals surface area contributed by atoms with Gasteiger partial charge in [-0.25, -0.2) is 62.1 Å². The molecule has 5 aliphatic rings. The lowest BCUT2D eigenvalue weighted by Gasteiger charge is -2.29. The van der Waals surface area contributed by atoms with E-state index in [2.05, 4.69) is 53.6 Å². The summed E-state index contributed by atoms with van der Waals surface area (Å²) in [7, 11) is -7.64. The van der Waals surface area contributed by atoms with Crippen LogP contribution in [0.4, 0.5) is 65.4 Å². The zero-order valence-electron chi connectivity index (χ0n) is 68.5. The second kappa shape index (κ2) is 36.4. The lowest BCUT2D eigenvalue weighted by molar-refractivity contribution is -0.385. The number of nitrogens with zero attached hydrogens (tertiary/aromatic N) is 13. The summed E-state index contributed by atoms with van der Waals surface area (Å²) in [5.41, 5.74) is 17.3. The van der Waals surface area contributed by atoms with Gasteiger partial charge in [0.25, 0.3) is 11.4 Å². The number of carbonyl (C=O) groups excluding carboxylic acids is 2. The number of nitrogens with two attached hydrogens (primary N) is 2. The van der Waals surface area contributed by atoms with Crippen LogP contribution in [0.25, 0.3) is 11.3 Å². The molecule has 642 valence electrons. The molecule has 8 N–H and O–H groups in total. The van der Waals surface area contributed by atoms with Gasteiger partial charge in [-0.2, -0.15) is 25.2 Å². The van der Waals surface area contributed by atoms with Crippen LogP contribution in [0.2, 0.25) is 5.15 Å². The maximum absolute atomic E-state index is 13.1. The van der Waals surface area contributed by atoms with Gasteiger partial charge in [0.2, 0.25) is 0 Å². The Labute approximate surface area is 696 Å². The summed E-state index contributed by atoms with van der Waals surface area (Å²) in [6.07, 6.45) is 17.4. The summed E-state index contributed by atoms with van der Waals surface area (Å²) < 4.78 is 120. The standard InChI is InChI=1S/C23H28N8O2S.C18H27N3O6S.C18H29N3O4S.C11H9ClN4.C8H8FNO4S/c1-30(14-23(25)7-8-23)19-6-5-18(9-15(19)13-34(2,32)33)27-20-10-21(28-17-3-4-17)31-22(29-20)16(11-24)12-26-31;1-17(2,3)27-16(22)19-18(8-9-18)12-20(4)15-7-6-14(21(23)24)10-13(15)11-28(5,25)26;1-17(2,3)25-16(22)20-18(8-9-18)12-21(4)15-7-6-14(19)10-13(15)11-26(5,23)24;12-10-4-9(3-7-1-2-7)16-11(15-10)8(5-13)6-14-16;1-15(13,14)5-6-4-7(10(11)12)2-3-8(6)9/h5-6,9-10,12,17,28H,3-4,7-8,13-14,25H2,1-2H3,(H,27,29);6-7,10H,8-9,11-12H2,1-5H3,(H,19,22);6-7,10H,8-9,11-12,19H2,1-5H3,(H,20,22);4,6-7H,1-3H2;2-4H,5H2,1H3. The van der Waals surface area contributed by atoms with Gasteiger partial charge in [-0.1, -0.05) is 11.6 Å². The van der Waals surface area contributed by atoms with Crippen molar-refractivity contribution in [2.24, 2.45) is 11.7 Å². The van der Waals surface area contributed by atoms with Crippen LogP contribution in [0.1, 0.15) is 145 Å². The monoisotopic (exact) mass is 1740 g/mol. The van der Waals surface area contributed by atoms with Crippen LogP contribution < -0.4 is 47.4 Å². The van der Waals surface area contributed by atoms with Gasteiger partial charge < -0.3 is 56.9 Å². The van der Waals surface area contributed by atoms with E-state index in [1.165, 1.54) is 49.9 Å². The average Bonchev–Trinajstić information content (AvgIpc) is 1.62. The van der Waals surface area contributed by atoms with E-state index in [0.29, 0.717) is 92.8 Å². The van der Waals surface area contributed by atoms with E-state index in [0.717, 1.165) is 117 Å². The Morgan fingerprint density at radius 2 is 1.03 bits per heavy atom. The van der Waals surface area contributed by atoms with E-state index in [-0.39, 0.29) is 45.3 Å². The highest BCUT2D eigenvalue weighted by atomic mass is 35.5. The Morgan fingerprint density at radius 1 is 0.605 bits per heavy atom. The largest absolute Gasteiger partial charge is 0.444 e. The number of nitro groups is 2. The molecule has 41 heteroatoms. The molecule has 0 saturated heterocycles. The predicted molar refractivity (Wildman–Crippen MR) is 453 cm³/mol. The van der Waals surface area contributed by atoms with Crippen molar-refractivity contribution in [3.63, 3.8) is 0 Å². The molecule has 4 aromatic heterocycles. The first-order valence-corrected chi connectivity index (χ1v) is 46.4. The highest BCUT2D eigenvalue weighted by Crippen LogP contribution is 2.42. The fraction of sp³-hybridized carbons (Fsp3) is 0.487. The topological polar surface area (TPSA) is 493 Å². The Bertz CT molecular complexity index is 5730. The Morgan fingerprint density at radius 3 is 1.48 bits per heavy atom. The number of rotatable bonds is 27. The molecule has 2 amide bonds. The smallest absolute Gasteiger partial charge is 0.408 e. The van der Waals surface area contributed by atoms with Crippen molar-refractivity contribution in [3.05, 3.63) is 168 Å². The number of aromatic nitrogens is 6. The van der Waals surface area contributed by atoms with Gasteiger partial charge in [0.05, 0.1) is 56.3 Å². The number of nitriles is 2. The van der Waals surface area contributed by atoms with E-state index < -0.39 is 89.7 Å². The molecule has 0 aliphatic heterocycles. The van der Waals surface area contributed by atoms with Crippen molar-refractivity contribution in [1.82, 2.24) is 39.8 Å². The summed E-state index contributed by atoms with van der Waals surface area (Å²) in [4.78, 5) is 58.9. The lowest BCUT2D eigenvalue weighted by Crippen LogP contribution is -2.47. The number of hydrogen-bond donors (Lipinski definition) is 6. The number of amides is 2. The van der Waals surface area contributed by atoms with Crippen molar-refractivity contribution >= 4 is 126 Å². The second-order valence-electron chi connectivity index (χ2n) is 33.5. The molecule has 0 bridgehead atoms. The molecule has 4 aromatic carbocycles. The van der Waals surface area contributed by atoms with Crippen molar-refractivity contribution < 1.29 is 67.0 Å². The second-order valence-corrected chi connectivity index (χ2v) is 42.4. The van der Waals surface area contributed by atoms with Gasteiger partial charge in [-0.3, -0.25) is 20.2 Å². The maximum atomic E-state index is 13.1. The van der Waals surface area contributed by atoms with Gasteiger partial charge in [0.1, 0.15) is 57.1 Å². The van der Waals surface area contributed by atoms with Gasteiger partial charge in [-0.05, 0) is 189 Å². The van der Waals surface area contributed by atoms with Crippen molar-refractivity contribution in [1.29, 1.82) is 10.5 Å². The summed E-state index contributed by atoms with van der Waals surface area (Å²) in [6, 6.07) is 26.2. The number of benzene rings is 4. The minimum atomic E-state index is -3.40. The van der Waals surface area contributed by atoms with Crippen LogP contribution in [0, 0.1) is 54.6 Å². The number of anilines is 7. The van der Waals surface area contributed by atoms with Gasteiger partial charge >= 0.3 is 12.2 Å². The fourth-order valence-corrected chi connectivity index (χ4v) is 16.3. The molecule has 0 spiro atoms. The first-order valence-electron chi connectivity index (χ1n) is 37.8. The van der Waals surface area contributed by atoms with E-state index >= 15 is 0 Å². The lowest BCUT2D eigenvalue weighted by atomic mass is 10.1. The number of halogens is 2. The number of nitrogen functional groups attached to an aromatic ring is 1. The number of ether oxygens (including phenoxy) is 2. The third kappa shape index (κ3) is 28.7. The number of likely N-dealkylation sites (N-methyl/N-ethyl adjacent to an activating group) is 3. The zero-order valence-corrected chi connectivity index (χ0v) is 72.5. The quantitative estimate of drug-likeness (QED) is 0.0120. The molecule has 119 heavy (non-hydrogen) atoms. The number of nitro benzene ring substituents is 2. The molecule has 0 radical (unpaired) electrons. The number of sulfone groups is 4. The predicted octanol–water partition coefficient (Wildman–Crippen LogP) is 10.8. The minimum absolute atomic E-state index is 0.0792. The third-order valence-electron chi connectivity index (χ3n) is 19.0. The van der Waals surface area contributed by atoms with E-state index in [1.807, 2.05) is 86.0 Å². The molecule has 35 nitrogen and oxygen atoms in total. The minimum Gasteiger partial charge on any atom is -0.444 e. The fourth-order valence-electron chi connectivity index (χ4n) is 12.9.